The Balaban J connectivity index is 1.57. The van der Waals surface area contributed by atoms with Crippen LogP contribution in [0.5, 0.6) is 0 Å². The van der Waals surface area contributed by atoms with Gasteiger partial charge in [-0.15, -0.1) is 0 Å². The Hall–Kier alpha value is -2.81. The van der Waals surface area contributed by atoms with Crippen molar-refractivity contribution in [1.82, 2.24) is 4.57 Å². The van der Waals surface area contributed by atoms with E-state index in [1.54, 1.807) is 0 Å². The summed E-state index contributed by atoms with van der Waals surface area (Å²) >= 11 is 0. The predicted octanol–water partition coefficient (Wildman–Crippen LogP) is 6.22. The first-order chi connectivity index (χ1) is 14.2. The number of hydrogen-bond donors (Lipinski definition) is 0. The van der Waals surface area contributed by atoms with E-state index < -0.39 is 0 Å². The first-order valence-electron chi connectivity index (χ1n) is 10.9. The smallest absolute Gasteiger partial charge is 0.0872 e. The second-order valence-corrected chi connectivity index (χ2v) is 8.57. The first-order valence-corrected chi connectivity index (χ1v) is 10.9. The van der Waals surface area contributed by atoms with Gasteiger partial charge in [0.25, 0.3) is 0 Å². The maximum absolute atomic E-state index is 5.02. The molecule has 0 spiro atoms. The lowest BCUT2D eigenvalue weighted by Crippen LogP contribution is -2.24. The van der Waals surface area contributed by atoms with Crippen LogP contribution in [0.2, 0.25) is 0 Å². The average Bonchev–Trinajstić information content (AvgIpc) is 3.06. The van der Waals surface area contributed by atoms with E-state index in [0.717, 1.165) is 36.7 Å². The highest BCUT2D eigenvalue weighted by Crippen LogP contribution is 2.37. The van der Waals surface area contributed by atoms with Gasteiger partial charge in [0.05, 0.1) is 23.3 Å². The molecular weight excluding hydrogens is 354 g/mol. The van der Waals surface area contributed by atoms with Crippen LogP contribution in [-0.4, -0.2) is 24.4 Å². The standard InChI is InChI=1S/C26H29N3/c1-3-19-14-22-11-7-13-28(2)26(22)24(15-19)27-17-23-16-21-10-4-5-12-25(21)29(23)18-20-8-6-9-20/h3-5,10,12,14-17,20H,1,6-9,11,13,18H2,2H3. The number of hydrogen-bond acceptors (Lipinski definition) is 2. The minimum absolute atomic E-state index is 0.806. The number of benzene rings is 2. The topological polar surface area (TPSA) is 20.5 Å². The van der Waals surface area contributed by atoms with Crippen molar-refractivity contribution in [1.29, 1.82) is 0 Å². The van der Waals surface area contributed by atoms with Crippen LogP contribution >= 0.6 is 0 Å². The Morgan fingerprint density at radius 1 is 1.14 bits per heavy atom. The van der Waals surface area contributed by atoms with Crippen molar-refractivity contribution in [2.45, 2.75) is 38.6 Å². The molecule has 2 heterocycles. The molecule has 0 atom stereocenters. The predicted molar refractivity (Wildman–Crippen MR) is 125 cm³/mol. The number of para-hydroxylation sites is 1. The lowest BCUT2D eigenvalue weighted by molar-refractivity contribution is 0.279. The minimum Gasteiger partial charge on any atom is -0.373 e. The monoisotopic (exact) mass is 383 g/mol. The number of anilines is 1. The highest BCUT2D eigenvalue weighted by molar-refractivity contribution is 5.92. The summed E-state index contributed by atoms with van der Waals surface area (Å²) in [6, 6.07) is 15.4. The fraction of sp³-hybridized carbons (Fsp3) is 0.346. The van der Waals surface area contributed by atoms with Gasteiger partial charge in [-0.2, -0.15) is 0 Å². The lowest BCUT2D eigenvalue weighted by Gasteiger charge is -2.29. The third-order valence-electron chi connectivity index (χ3n) is 6.59. The lowest BCUT2D eigenvalue weighted by atomic mass is 9.85. The van der Waals surface area contributed by atoms with Gasteiger partial charge in [0.1, 0.15) is 0 Å². The van der Waals surface area contributed by atoms with Crippen LogP contribution in [0.3, 0.4) is 0 Å². The van der Waals surface area contributed by atoms with Crippen LogP contribution < -0.4 is 4.90 Å². The van der Waals surface area contributed by atoms with Crippen molar-refractivity contribution in [2.24, 2.45) is 10.9 Å². The number of rotatable bonds is 5. The number of fused-ring (bicyclic) bond motifs is 2. The van der Waals surface area contributed by atoms with E-state index >= 15 is 0 Å². The zero-order valence-corrected chi connectivity index (χ0v) is 17.3. The second-order valence-electron chi connectivity index (χ2n) is 8.57. The van der Waals surface area contributed by atoms with E-state index in [1.165, 1.54) is 53.5 Å². The molecule has 1 saturated carbocycles. The molecule has 5 rings (SSSR count). The SMILES string of the molecule is C=Cc1cc2c(c(N=Cc3cc4ccccc4n3CC3CCC3)c1)N(C)CCC2. The summed E-state index contributed by atoms with van der Waals surface area (Å²) in [5.41, 5.74) is 7.40. The molecule has 0 saturated heterocycles. The zero-order valence-electron chi connectivity index (χ0n) is 17.3. The van der Waals surface area contributed by atoms with Crippen molar-refractivity contribution in [2.75, 3.05) is 18.5 Å². The molecule has 1 aliphatic carbocycles. The van der Waals surface area contributed by atoms with Crippen LogP contribution in [0.4, 0.5) is 11.4 Å². The molecule has 0 amide bonds. The summed E-state index contributed by atoms with van der Waals surface area (Å²) in [4.78, 5) is 7.37. The fourth-order valence-corrected chi connectivity index (χ4v) is 4.78. The number of nitrogens with zero attached hydrogens (tertiary/aromatic N) is 3. The molecule has 3 nitrogen and oxygen atoms in total. The molecule has 1 aromatic heterocycles. The molecule has 0 bridgehead atoms. The minimum atomic E-state index is 0.806. The number of aliphatic imine (C=N–C) groups is 1. The summed E-state index contributed by atoms with van der Waals surface area (Å²) in [6.45, 7) is 6.17. The van der Waals surface area contributed by atoms with E-state index in [4.69, 9.17) is 4.99 Å². The van der Waals surface area contributed by atoms with Crippen LogP contribution in [0, 0.1) is 5.92 Å². The summed E-state index contributed by atoms with van der Waals surface area (Å²) in [5.74, 6) is 0.806. The molecule has 1 fully saturated rings. The molecule has 0 N–H and O–H groups in total. The van der Waals surface area contributed by atoms with Crippen molar-refractivity contribution in [3.63, 3.8) is 0 Å². The Morgan fingerprint density at radius 3 is 2.79 bits per heavy atom. The summed E-state index contributed by atoms with van der Waals surface area (Å²) < 4.78 is 2.47. The third-order valence-corrected chi connectivity index (χ3v) is 6.59. The van der Waals surface area contributed by atoms with Gasteiger partial charge < -0.3 is 9.47 Å². The van der Waals surface area contributed by atoms with Gasteiger partial charge in [-0.1, -0.05) is 37.3 Å². The van der Waals surface area contributed by atoms with Gasteiger partial charge in [0.15, 0.2) is 0 Å². The van der Waals surface area contributed by atoms with Crippen LogP contribution in [0.25, 0.3) is 17.0 Å². The van der Waals surface area contributed by atoms with Crippen molar-refractivity contribution in [3.8, 4) is 0 Å². The normalized spacial score (nSPS) is 16.9. The Bertz CT molecular complexity index is 1080. The summed E-state index contributed by atoms with van der Waals surface area (Å²) in [7, 11) is 2.18. The molecule has 0 unspecified atom stereocenters. The van der Waals surface area contributed by atoms with Crippen LogP contribution in [0.15, 0.2) is 54.0 Å². The Kier molecular flexibility index (Phi) is 4.75. The molecule has 0 radical (unpaired) electrons. The molecule has 2 aromatic carbocycles. The van der Waals surface area contributed by atoms with Crippen LogP contribution in [0.1, 0.15) is 42.5 Å². The number of aryl methyl sites for hydroxylation is 1. The number of aromatic nitrogens is 1. The highest BCUT2D eigenvalue weighted by Gasteiger charge is 2.21. The van der Waals surface area contributed by atoms with Gasteiger partial charge in [-0.3, -0.25) is 4.99 Å². The van der Waals surface area contributed by atoms with E-state index in [-0.39, 0.29) is 0 Å². The summed E-state index contributed by atoms with van der Waals surface area (Å²) in [6.07, 6.45) is 10.4. The van der Waals surface area contributed by atoms with Crippen molar-refractivity contribution < 1.29 is 0 Å². The van der Waals surface area contributed by atoms with E-state index in [9.17, 15) is 0 Å². The van der Waals surface area contributed by atoms with Gasteiger partial charge >= 0.3 is 0 Å². The molecule has 29 heavy (non-hydrogen) atoms. The van der Waals surface area contributed by atoms with E-state index in [2.05, 4.69) is 71.8 Å². The maximum Gasteiger partial charge on any atom is 0.0872 e. The molecule has 2 aliphatic rings. The molecule has 3 heteroatoms. The molecular formula is C26H29N3. The van der Waals surface area contributed by atoms with Gasteiger partial charge in [0, 0.05) is 31.0 Å². The Labute approximate surface area is 173 Å². The third kappa shape index (κ3) is 3.39. The molecule has 3 aromatic rings. The van der Waals surface area contributed by atoms with Crippen molar-refractivity contribution in [3.05, 3.63) is 65.9 Å². The van der Waals surface area contributed by atoms with Crippen LogP contribution in [-0.2, 0) is 13.0 Å². The Morgan fingerprint density at radius 2 is 2.00 bits per heavy atom. The molecule has 1 aliphatic heterocycles. The maximum atomic E-state index is 5.02. The average molecular weight is 384 g/mol. The van der Waals surface area contributed by atoms with Gasteiger partial charge in [-0.25, -0.2) is 0 Å². The zero-order chi connectivity index (χ0) is 19.8. The van der Waals surface area contributed by atoms with Gasteiger partial charge in [0.2, 0.25) is 0 Å². The van der Waals surface area contributed by atoms with E-state index in [1.807, 2.05) is 6.08 Å². The van der Waals surface area contributed by atoms with Crippen molar-refractivity contribution >= 4 is 34.6 Å². The second kappa shape index (κ2) is 7.55. The summed E-state index contributed by atoms with van der Waals surface area (Å²) in [5, 5.41) is 1.30. The highest BCUT2D eigenvalue weighted by atomic mass is 15.1. The fourth-order valence-electron chi connectivity index (χ4n) is 4.78. The molecule has 148 valence electrons. The largest absolute Gasteiger partial charge is 0.373 e. The van der Waals surface area contributed by atoms with Gasteiger partial charge in [-0.05, 0) is 67.0 Å². The quantitative estimate of drug-likeness (QED) is 0.479. The van der Waals surface area contributed by atoms with E-state index in [0.29, 0.717) is 0 Å². The first kappa shape index (κ1) is 18.2.